The molecule has 0 heterocycles. The molecule has 0 saturated carbocycles. The van der Waals surface area contributed by atoms with Gasteiger partial charge in [0.15, 0.2) is 0 Å². The summed E-state index contributed by atoms with van der Waals surface area (Å²) in [6.45, 7) is 0. The van der Waals surface area contributed by atoms with Crippen LogP contribution in [0.15, 0.2) is 0 Å². The topological polar surface area (TPSA) is 189 Å². The molecule has 0 rings (SSSR count). The van der Waals surface area contributed by atoms with Gasteiger partial charge in [0.1, 0.15) is 0 Å². The second-order valence-corrected chi connectivity index (χ2v) is 0. The molecule has 0 amide bonds. The third-order valence-electron chi connectivity index (χ3n) is 0. The van der Waals surface area contributed by atoms with Crippen molar-refractivity contribution in [2.24, 2.45) is 0 Å². The zero-order valence-electron chi connectivity index (χ0n) is 4.71. The van der Waals surface area contributed by atoms with Crippen LogP contribution >= 0.6 is 0 Å². The summed E-state index contributed by atoms with van der Waals surface area (Å²) >= 11 is 0. The average Bonchev–Trinajstić information content (AvgIpc) is 0. The van der Waals surface area contributed by atoms with E-state index >= 15 is 0 Å². The van der Waals surface area contributed by atoms with Crippen LogP contribution in [0.5, 0.6) is 0 Å². The Bertz CT molecular complexity index is 13.0. The van der Waals surface area contributed by atoms with Crippen molar-refractivity contribution in [1.82, 2.24) is 0 Å². The minimum Gasteiger partial charge on any atom is -1.00 e. The zero-order valence-corrected chi connectivity index (χ0v) is 10.3. The molecule has 0 aromatic carbocycles. The van der Waals surface area contributed by atoms with Gasteiger partial charge < -0.3 is 70.1 Å². The van der Waals surface area contributed by atoms with E-state index < -0.39 is 0 Å². The smallest absolute Gasteiger partial charge is 1.00 e. The first-order valence-electron chi connectivity index (χ1n) is 0. The van der Waals surface area contributed by atoms with Crippen LogP contribution in [0.4, 0.5) is 0 Å². The quantitative estimate of drug-likeness (QED) is 0.408. The van der Waals surface area contributed by atoms with Crippen molar-refractivity contribution >= 4 is 25.8 Å². The van der Waals surface area contributed by atoms with Crippen molar-refractivity contribution in [3.8, 4) is 0 Å². The van der Waals surface area contributed by atoms with Crippen LogP contribution in [-0.4, -0.2) is 58.7 Å². The Morgan fingerprint density at radius 1 is 0.300 bits per heavy atom. The molecule has 10 heteroatoms. The van der Waals surface area contributed by atoms with Gasteiger partial charge in [-0.05, 0) is 0 Å². The van der Waals surface area contributed by atoms with E-state index in [1.807, 2.05) is 0 Å². The molecule has 0 unspecified atom stereocenters. The average molecular weight is 329 g/mol. The van der Waals surface area contributed by atoms with Crippen molar-refractivity contribution in [2.75, 3.05) is 0 Å². The molecule has 0 aromatic rings. The van der Waals surface area contributed by atoms with Crippen LogP contribution in [0.2, 0.25) is 0 Å². The maximum absolute atomic E-state index is 0. The normalized spacial score (nSPS) is 0. The monoisotopic (exact) mass is 328 g/mol. The minimum atomic E-state index is 0. The fourth-order valence-electron chi connectivity index (χ4n) is 0. The molecule has 0 fully saturated rings. The first-order chi connectivity index (χ1) is 0. The third kappa shape index (κ3) is 305. The summed E-state index contributed by atoms with van der Waals surface area (Å²) < 4.78 is 0. The van der Waals surface area contributed by atoms with Gasteiger partial charge in [0, 0.05) is 0 Å². The molecule has 0 bridgehead atoms. The van der Waals surface area contributed by atoms with Crippen molar-refractivity contribution in [1.29, 1.82) is 0 Å². The summed E-state index contributed by atoms with van der Waals surface area (Å²) in [6.07, 6.45) is 0. The molecule has 0 aromatic heterocycles. The van der Waals surface area contributed by atoms with Gasteiger partial charge in [-0.25, -0.2) is 0 Å². The molecule has 10 heavy (non-hydrogen) atoms. The Morgan fingerprint density at radius 2 is 0.300 bits per heavy atom. The van der Waals surface area contributed by atoms with Crippen LogP contribution in [0.1, 0.15) is 0 Å². The minimum absolute atomic E-state index is 0. The first-order valence-corrected chi connectivity index (χ1v) is 0. The van der Waals surface area contributed by atoms with E-state index in [4.69, 9.17) is 0 Å². The SMILES string of the molecule is O.O.O.O.O.O.[Cl-].[Cl-].[Cl-].[In+3]. The van der Waals surface area contributed by atoms with Gasteiger partial charge in [-0.15, -0.1) is 0 Å². The molecule has 0 radical (unpaired) electrons. The molecule has 0 aliphatic rings. The molecule has 0 aliphatic carbocycles. The van der Waals surface area contributed by atoms with Gasteiger partial charge in [-0.1, -0.05) is 0 Å². The standard InChI is InChI=1S/3ClH.In.6H2O/h3*1H;;6*1H2/q;;;+3;;;;;;/p-3. The van der Waals surface area contributed by atoms with Crippen LogP contribution in [0, 0.1) is 0 Å². The number of hydrogen-bond acceptors (Lipinski definition) is 0. The Labute approximate surface area is 95.6 Å². The molecule has 0 aliphatic heterocycles. The Hall–Kier alpha value is 1.50. The van der Waals surface area contributed by atoms with Crippen LogP contribution in [0.25, 0.3) is 0 Å². The number of halogens is 3. The Kier molecular flexibility index (Phi) is 23700. The van der Waals surface area contributed by atoms with Crippen molar-refractivity contribution in [2.45, 2.75) is 0 Å². The summed E-state index contributed by atoms with van der Waals surface area (Å²) in [6, 6.07) is 0. The second-order valence-electron chi connectivity index (χ2n) is 0. The summed E-state index contributed by atoms with van der Waals surface area (Å²) in [7, 11) is 0. The largest absolute Gasteiger partial charge is 3.00 e. The maximum Gasteiger partial charge on any atom is 3.00 e. The number of rotatable bonds is 0. The summed E-state index contributed by atoms with van der Waals surface area (Å²) in [5.74, 6) is 0. The summed E-state index contributed by atoms with van der Waals surface area (Å²) in [4.78, 5) is 0. The van der Waals surface area contributed by atoms with Crippen molar-refractivity contribution in [3.63, 3.8) is 0 Å². The number of hydrogen-bond donors (Lipinski definition) is 0. The molecule has 0 spiro atoms. The van der Waals surface area contributed by atoms with Crippen LogP contribution in [0.3, 0.4) is 0 Å². The third-order valence-corrected chi connectivity index (χ3v) is 0. The molecule has 6 nitrogen and oxygen atoms in total. The van der Waals surface area contributed by atoms with E-state index in [-0.39, 0.29) is 95.9 Å². The summed E-state index contributed by atoms with van der Waals surface area (Å²) in [5, 5.41) is 0. The molecule has 72 valence electrons. The molecule has 12 N–H and O–H groups in total. The van der Waals surface area contributed by atoms with Crippen molar-refractivity contribution < 1.29 is 70.1 Å². The molecule has 0 atom stereocenters. The van der Waals surface area contributed by atoms with E-state index in [2.05, 4.69) is 0 Å². The van der Waals surface area contributed by atoms with E-state index in [1.165, 1.54) is 0 Å². The van der Waals surface area contributed by atoms with E-state index in [1.54, 1.807) is 0 Å². The van der Waals surface area contributed by atoms with E-state index in [0.717, 1.165) is 0 Å². The van der Waals surface area contributed by atoms with Gasteiger partial charge in [0.05, 0.1) is 0 Å². The first kappa shape index (κ1) is 563. The Morgan fingerprint density at radius 3 is 0.300 bits per heavy atom. The van der Waals surface area contributed by atoms with E-state index in [0.29, 0.717) is 0 Å². The van der Waals surface area contributed by atoms with Gasteiger partial charge in [-0.3, -0.25) is 0 Å². The molecular formula is H12Cl3InO6. The predicted octanol–water partition coefficient (Wildman–Crippen LogP) is -14.3. The Balaban J connectivity index is 0. The molecule has 0 saturated heterocycles. The fraction of sp³-hybridized carbons (Fsp3) is 0. The van der Waals surface area contributed by atoms with Gasteiger partial charge in [0.2, 0.25) is 0 Å². The van der Waals surface area contributed by atoms with Gasteiger partial charge in [0.25, 0.3) is 0 Å². The summed E-state index contributed by atoms with van der Waals surface area (Å²) in [5.41, 5.74) is 0. The van der Waals surface area contributed by atoms with Gasteiger partial charge >= 0.3 is 25.8 Å². The zero-order chi connectivity index (χ0) is 0. The van der Waals surface area contributed by atoms with Crippen LogP contribution in [-0.2, 0) is 0 Å². The van der Waals surface area contributed by atoms with E-state index in [9.17, 15) is 0 Å². The maximum atomic E-state index is 0. The second kappa shape index (κ2) is 421. The van der Waals surface area contributed by atoms with Crippen molar-refractivity contribution in [3.05, 3.63) is 0 Å². The van der Waals surface area contributed by atoms with Gasteiger partial charge in [-0.2, -0.15) is 0 Å². The fourth-order valence-corrected chi connectivity index (χ4v) is 0. The predicted molar refractivity (Wildman–Crippen MR) is 27.4 cm³/mol. The van der Waals surface area contributed by atoms with Crippen LogP contribution < -0.4 is 37.2 Å². The molecular weight excluding hydrogens is 317 g/mol.